The Kier molecular flexibility index (Phi) is 3.63. The van der Waals surface area contributed by atoms with Gasteiger partial charge in [-0.2, -0.15) is 10.1 Å². The van der Waals surface area contributed by atoms with Crippen molar-refractivity contribution in [3.8, 4) is 34.5 Å². The van der Waals surface area contributed by atoms with Crippen molar-refractivity contribution in [1.82, 2.24) is 19.9 Å². The minimum Gasteiger partial charge on any atom is -0.454 e. The van der Waals surface area contributed by atoms with E-state index in [2.05, 4.69) is 15.2 Å². The summed E-state index contributed by atoms with van der Waals surface area (Å²) < 4.78 is 24.3. The van der Waals surface area contributed by atoms with E-state index in [0.717, 1.165) is 28.3 Å². The summed E-state index contributed by atoms with van der Waals surface area (Å²) in [7, 11) is 0. The fourth-order valence-electron chi connectivity index (χ4n) is 3.58. The molecule has 0 fully saturated rings. The summed E-state index contributed by atoms with van der Waals surface area (Å²) >= 11 is 0. The molecule has 0 saturated heterocycles. The summed E-state index contributed by atoms with van der Waals surface area (Å²) in [6.45, 7) is 1.30. The lowest BCUT2D eigenvalue weighted by Crippen LogP contribution is -2.21. The average Bonchev–Trinajstić information content (AvgIpc) is 3.52. The van der Waals surface area contributed by atoms with Crippen molar-refractivity contribution in [3.63, 3.8) is 0 Å². The summed E-state index contributed by atoms with van der Waals surface area (Å²) in [6.07, 6.45) is -0.118. The summed E-state index contributed by atoms with van der Waals surface area (Å²) in [6, 6.07) is 17.5. The predicted molar refractivity (Wildman–Crippen MR) is 101 cm³/mol. The first kappa shape index (κ1) is 16.3. The van der Waals surface area contributed by atoms with Crippen LogP contribution >= 0.6 is 0 Å². The van der Waals surface area contributed by atoms with Crippen molar-refractivity contribution in [2.24, 2.45) is 0 Å². The molecule has 2 aliphatic heterocycles. The molecule has 0 amide bonds. The maximum atomic E-state index is 6.05. The van der Waals surface area contributed by atoms with Gasteiger partial charge in [-0.1, -0.05) is 41.6 Å². The number of nitrogens with zero attached hydrogens (tertiary/aromatic N) is 4. The fourth-order valence-corrected chi connectivity index (χ4v) is 3.58. The van der Waals surface area contributed by atoms with Crippen molar-refractivity contribution in [2.75, 3.05) is 6.79 Å². The minimum atomic E-state index is -0.118. The van der Waals surface area contributed by atoms with Gasteiger partial charge in [0.25, 0.3) is 5.89 Å². The van der Waals surface area contributed by atoms with E-state index in [1.807, 2.05) is 59.3 Å². The van der Waals surface area contributed by atoms with Crippen LogP contribution in [0.4, 0.5) is 0 Å². The van der Waals surface area contributed by atoms with Gasteiger partial charge in [-0.05, 0) is 23.8 Å². The molecular formula is C21H16N4O4. The van der Waals surface area contributed by atoms with Crippen LogP contribution in [0.2, 0.25) is 0 Å². The summed E-state index contributed by atoms with van der Waals surface area (Å²) in [5, 5.41) is 8.73. The molecule has 144 valence electrons. The number of hydrogen-bond acceptors (Lipinski definition) is 7. The third-order valence-electron chi connectivity index (χ3n) is 5.08. The van der Waals surface area contributed by atoms with Gasteiger partial charge in [0.15, 0.2) is 17.2 Å². The number of ether oxygens (including phenoxy) is 3. The van der Waals surface area contributed by atoms with E-state index in [1.165, 1.54) is 0 Å². The highest BCUT2D eigenvalue weighted by Crippen LogP contribution is 2.37. The van der Waals surface area contributed by atoms with Crippen molar-refractivity contribution in [2.45, 2.75) is 19.3 Å². The van der Waals surface area contributed by atoms with Crippen molar-refractivity contribution in [3.05, 3.63) is 65.9 Å². The van der Waals surface area contributed by atoms with Crippen molar-refractivity contribution >= 4 is 0 Å². The molecule has 0 saturated carbocycles. The number of rotatable bonds is 3. The van der Waals surface area contributed by atoms with Gasteiger partial charge < -0.3 is 18.7 Å². The van der Waals surface area contributed by atoms with Crippen LogP contribution in [-0.2, 0) is 17.9 Å². The fraction of sp³-hybridized carbons (Fsp3) is 0.190. The summed E-state index contributed by atoms with van der Waals surface area (Å²) in [5.74, 6) is 2.45. The van der Waals surface area contributed by atoms with Gasteiger partial charge in [0.2, 0.25) is 12.6 Å². The largest absolute Gasteiger partial charge is 0.454 e. The van der Waals surface area contributed by atoms with E-state index in [0.29, 0.717) is 30.6 Å². The molecular weight excluding hydrogens is 372 g/mol. The second-order valence-corrected chi connectivity index (χ2v) is 6.90. The molecule has 0 radical (unpaired) electrons. The van der Waals surface area contributed by atoms with Crippen LogP contribution in [0.1, 0.15) is 17.4 Å². The highest BCUT2D eigenvalue weighted by molar-refractivity contribution is 5.57. The first-order valence-electron chi connectivity index (χ1n) is 9.31. The highest BCUT2D eigenvalue weighted by atomic mass is 16.7. The maximum absolute atomic E-state index is 6.05. The lowest BCUT2D eigenvalue weighted by molar-refractivity contribution is -0.00122. The predicted octanol–water partition coefficient (Wildman–Crippen LogP) is 3.60. The topological polar surface area (TPSA) is 84.4 Å². The lowest BCUT2D eigenvalue weighted by atomic mass is 10.1. The van der Waals surface area contributed by atoms with E-state index in [4.69, 9.17) is 18.7 Å². The van der Waals surface area contributed by atoms with Gasteiger partial charge in [0, 0.05) is 5.56 Å². The van der Waals surface area contributed by atoms with Gasteiger partial charge >= 0.3 is 0 Å². The molecule has 4 heterocycles. The molecule has 8 heteroatoms. The van der Waals surface area contributed by atoms with Gasteiger partial charge in [0.05, 0.1) is 18.8 Å². The molecule has 0 N–H and O–H groups in total. The van der Waals surface area contributed by atoms with E-state index >= 15 is 0 Å². The molecule has 29 heavy (non-hydrogen) atoms. The summed E-state index contributed by atoms with van der Waals surface area (Å²) in [5.41, 5.74) is 3.54. The zero-order valence-corrected chi connectivity index (χ0v) is 15.3. The quantitative estimate of drug-likeness (QED) is 0.530. The molecule has 6 rings (SSSR count). The van der Waals surface area contributed by atoms with Gasteiger partial charge in [-0.15, -0.1) is 0 Å². The number of fused-ring (bicyclic) bond motifs is 2. The molecule has 0 aliphatic carbocycles. The smallest absolute Gasteiger partial charge is 0.278 e. The van der Waals surface area contributed by atoms with Crippen LogP contribution in [0.5, 0.6) is 11.5 Å². The van der Waals surface area contributed by atoms with Crippen LogP contribution in [-0.4, -0.2) is 26.7 Å². The van der Waals surface area contributed by atoms with E-state index < -0.39 is 0 Å². The van der Waals surface area contributed by atoms with E-state index in [9.17, 15) is 0 Å². The molecule has 1 atom stereocenters. The second kappa shape index (κ2) is 6.46. The van der Waals surface area contributed by atoms with Crippen LogP contribution < -0.4 is 9.47 Å². The Morgan fingerprint density at radius 2 is 1.86 bits per heavy atom. The molecule has 0 bridgehead atoms. The van der Waals surface area contributed by atoms with Crippen LogP contribution in [0.3, 0.4) is 0 Å². The molecule has 8 nitrogen and oxygen atoms in total. The van der Waals surface area contributed by atoms with Gasteiger partial charge in [-0.3, -0.25) is 4.68 Å². The maximum Gasteiger partial charge on any atom is 0.278 e. The normalized spacial score (nSPS) is 17.3. The Bertz CT molecular complexity index is 1180. The molecule has 4 aromatic rings. The average molecular weight is 388 g/mol. The lowest BCUT2D eigenvalue weighted by Gasteiger charge is -2.24. The molecule has 2 aromatic carbocycles. The third kappa shape index (κ3) is 2.85. The van der Waals surface area contributed by atoms with E-state index in [-0.39, 0.29) is 12.9 Å². The standard InChI is InChI=1S/C21H16N4O4/c1-2-4-13(5-3-1)20-22-21(29-24-20)16-9-15-11-26-19(10-25(15)23-16)14-6-7-17-18(8-14)28-12-27-17/h1-9,19H,10-12H2/t19-/m1/s1. The Labute approximate surface area is 165 Å². The van der Waals surface area contributed by atoms with Crippen molar-refractivity contribution in [1.29, 1.82) is 0 Å². The zero-order valence-electron chi connectivity index (χ0n) is 15.3. The number of hydrogen-bond donors (Lipinski definition) is 0. The monoisotopic (exact) mass is 388 g/mol. The third-order valence-corrected chi connectivity index (χ3v) is 5.08. The first-order valence-corrected chi connectivity index (χ1v) is 9.31. The Morgan fingerprint density at radius 1 is 0.966 bits per heavy atom. The Morgan fingerprint density at radius 3 is 2.79 bits per heavy atom. The highest BCUT2D eigenvalue weighted by Gasteiger charge is 2.26. The Hall–Kier alpha value is -3.65. The first-order chi connectivity index (χ1) is 14.3. The van der Waals surface area contributed by atoms with Crippen LogP contribution in [0.25, 0.3) is 23.0 Å². The summed E-state index contributed by atoms with van der Waals surface area (Å²) in [4.78, 5) is 4.49. The minimum absolute atomic E-state index is 0.118. The SMILES string of the molecule is c1ccc(-c2noc(-c3cc4n(n3)C[C@H](c3ccc5c(c3)OCO5)OC4)n2)cc1. The van der Waals surface area contributed by atoms with E-state index in [1.54, 1.807) is 0 Å². The zero-order chi connectivity index (χ0) is 19.2. The Balaban J connectivity index is 1.26. The second-order valence-electron chi connectivity index (χ2n) is 6.90. The molecule has 2 aliphatic rings. The number of benzene rings is 2. The van der Waals surface area contributed by atoms with Crippen molar-refractivity contribution < 1.29 is 18.7 Å². The number of aromatic nitrogens is 4. The van der Waals surface area contributed by atoms with Gasteiger partial charge in [-0.25, -0.2) is 0 Å². The molecule has 0 unspecified atom stereocenters. The van der Waals surface area contributed by atoms with Crippen LogP contribution in [0.15, 0.2) is 59.1 Å². The van der Waals surface area contributed by atoms with Gasteiger partial charge in [0.1, 0.15) is 6.10 Å². The van der Waals surface area contributed by atoms with Crippen LogP contribution in [0, 0.1) is 0 Å². The molecule has 2 aromatic heterocycles. The molecule has 0 spiro atoms.